The quantitative estimate of drug-likeness (QED) is 0.748. The molecule has 1 heterocycles. The Morgan fingerprint density at radius 1 is 1.43 bits per heavy atom. The molecule has 0 spiro atoms. The number of hydrogen-bond acceptors (Lipinski definition) is 4. The lowest BCUT2D eigenvalue weighted by molar-refractivity contribution is -0.121. The number of halogens is 2. The molecule has 7 heteroatoms. The highest BCUT2D eigenvalue weighted by Gasteiger charge is 2.25. The second-order valence-corrected chi connectivity index (χ2v) is 5.89. The van der Waals surface area contributed by atoms with Gasteiger partial charge < -0.3 is 9.84 Å². The summed E-state index contributed by atoms with van der Waals surface area (Å²) in [6.07, 6.45) is 2.57. The van der Waals surface area contributed by atoms with Crippen LogP contribution in [0.4, 0.5) is 4.39 Å². The van der Waals surface area contributed by atoms with Crippen LogP contribution in [-0.4, -0.2) is 29.9 Å². The largest absolute Gasteiger partial charge is 0.492 e. The number of carbonyl (C=O) groups is 1. The minimum atomic E-state index is -0.596. The molecule has 0 radical (unpaired) electrons. The first-order valence-electron chi connectivity index (χ1n) is 7.63. The molecule has 0 saturated carbocycles. The molecule has 1 atom stereocenters. The maximum absolute atomic E-state index is 14.5. The molecular formula is C16H20ClFN2O3. The van der Waals surface area contributed by atoms with Gasteiger partial charge in [-0.15, -0.1) is 0 Å². The van der Waals surface area contributed by atoms with Gasteiger partial charge in [0.05, 0.1) is 12.3 Å². The van der Waals surface area contributed by atoms with Crippen LogP contribution in [-0.2, 0) is 4.79 Å². The van der Waals surface area contributed by atoms with Crippen LogP contribution in [0.3, 0.4) is 0 Å². The van der Waals surface area contributed by atoms with Crippen LogP contribution in [0, 0.1) is 11.7 Å². The number of carbonyl (C=O) groups excluding carboxylic acids is 1. The second kappa shape index (κ2) is 8.26. The fourth-order valence-corrected chi connectivity index (χ4v) is 2.61. The van der Waals surface area contributed by atoms with Crippen molar-refractivity contribution < 1.29 is 19.0 Å². The van der Waals surface area contributed by atoms with E-state index in [1.807, 2.05) is 6.92 Å². The van der Waals surface area contributed by atoms with Crippen LogP contribution < -0.4 is 10.2 Å². The van der Waals surface area contributed by atoms with Gasteiger partial charge in [-0.1, -0.05) is 18.5 Å². The van der Waals surface area contributed by atoms with E-state index in [0.717, 1.165) is 12.8 Å². The first kappa shape index (κ1) is 17.7. The van der Waals surface area contributed by atoms with Crippen LogP contribution in [0.2, 0.25) is 5.02 Å². The maximum atomic E-state index is 14.5. The Balaban J connectivity index is 2.10. The molecule has 0 saturated heterocycles. The van der Waals surface area contributed by atoms with Crippen LogP contribution >= 0.6 is 11.6 Å². The molecule has 0 aliphatic carbocycles. The third kappa shape index (κ3) is 4.42. The SMILES string of the molecule is CC1CC(=O)NN=C1c1ccc(OCCCCCO)c(Cl)c1F. The Bertz CT molecular complexity index is 607. The zero-order chi connectivity index (χ0) is 16.8. The lowest BCUT2D eigenvalue weighted by Gasteiger charge is -2.20. The molecule has 5 nitrogen and oxygen atoms in total. The Morgan fingerprint density at radius 3 is 2.91 bits per heavy atom. The van der Waals surface area contributed by atoms with Gasteiger partial charge in [-0.3, -0.25) is 4.79 Å². The predicted octanol–water partition coefficient (Wildman–Crippen LogP) is 2.88. The maximum Gasteiger partial charge on any atom is 0.240 e. The standard InChI is InChI=1S/C16H20ClFN2O3/c1-10-9-13(22)19-20-16(10)11-5-6-12(14(17)15(11)18)23-8-4-2-3-7-21/h5-6,10,21H,2-4,7-9H2,1H3,(H,19,22). The summed E-state index contributed by atoms with van der Waals surface area (Å²) >= 11 is 6.05. The van der Waals surface area contributed by atoms with Gasteiger partial charge >= 0.3 is 0 Å². The molecule has 2 N–H and O–H groups in total. The minimum Gasteiger partial charge on any atom is -0.492 e. The molecule has 1 aliphatic heterocycles. The average molecular weight is 343 g/mol. The number of benzene rings is 1. The summed E-state index contributed by atoms with van der Waals surface area (Å²) in [6.45, 7) is 2.38. The molecule has 0 bridgehead atoms. The third-order valence-electron chi connectivity index (χ3n) is 3.64. The molecule has 0 fully saturated rings. The molecule has 2 rings (SSSR count). The fraction of sp³-hybridized carbons (Fsp3) is 0.500. The topological polar surface area (TPSA) is 70.9 Å². The van der Waals surface area contributed by atoms with E-state index in [4.69, 9.17) is 21.4 Å². The summed E-state index contributed by atoms with van der Waals surface area (Å²) in [6, 6.07) is 3.18. The molecule has 1 aromatic rings. The van der Waals surface area contributed by atoms with Gasteiger partial charge in [0.2, 0.25) is 5.91 Å². The van der Waals surface area contributed by atoms with Crippen molar-refractivity contribution in [2.24, 2.45) is 11.0 Å². The Hall–Kier alpha value is -1.66. The first-order chi connectivity index (χ1) is 11.0. The number of nitrogens with one attached hydrogen (secondary N) is 1. The number of ether oxygens (including phenoxy) is 1. The molecule has 126 valence electrons. The lowest BCUT2D eigenvalue weighted by Crippen LogP contribution is -2.32. The zero-order valence-electron chi connectivity index (χ0n) is 12.9. The first-order valence-corrected chi connectivity index (χ1v) is 8.00. The number of hydrazone groups is 1. The van der Waals surface area contributed by atoms with Crippen LogP contribution in [0.25, 0.3) is 0 Å². The van der Waals surface area contributed by atoms with Gasteiger partial charge in [0.25, 0.3) is 0 Å². The minimum absolute atomic E-state index is 0.0866. The lowest BCUT2D eigenvalue weighted by atomic mass is 9.94. The van der Waals surface area contributed by atoms with Crippen LogP contribution in [0.5, 0.6) is 5.75 Å². The average Bonchev–Trinajstić information content (AvgIpc) is 2.52. The number of nitrogens with zero attached hydrogens (tertiary/aromatic N) is 1. The number of aliphatic hydroxyl groups is 1. The van der Waals surface area contributed by atoms with Gasteiger partial charge in [0.15, 0.2) is 5.82 Å². The summed E-state index contributed by atoms with van der Waals surface area (Å²) in [7, 11) is 0. The smallest absolute Gasteiger partial charge is 0.240 e. The molecule has 1 unspecified atom stereocenters. The highest BCUT2D eigenvalue weighted by Crippen LogP contribution is 2.31. The van der Waals surface area contributed by atoms with Crippen molar-refractivity contribution >= 4 is 23.2 Å². The van der Waals surface area contributed by atoms with Gasteiger partial charge in [-0.25, -0.2) is 9.82 Å². The summed E-state index contributed by atoms with van der Waals surface area (Å²) in [5, 5.41) is 12.6. The number of hydrogen-bond donors (Lipinski definition) is 2. The molecule has 23 heavy (non-hydrogen) atoms. The van der Waals surface area contributed by atoms with Crippen molar-refractivity contribution in [3.63, 3.8) is 0 Å². The Labute approximate surface area is 139 Å². The van der Waals surface area contributed by atoms with E-state index >= 15 is 0 Å². The summed E-state index contributed by atoms with van der Waals surface area (Å²) < 4.78 is 20.0. The van der Waals surface area contributed by atoms with Crippen molar-refractivity contribution in [2.75, 3.05) is 13.2 Å². The number of amides is 1. The van der Waals surface area contributed by atoms with Gasteiger partial charge in [0.1, 0.15) is 10.8 Å². The molecule has 0 aromatic heterocycles. The monoisotopic (exact) mass is 342 g/mol. The normalized spacial score (nSPS) is 17.7. The van der Waals surface area contributed by atoms with Crippen LogP contribution in [0.15, 0.2) is 17.2 Å². The van der Waals surface area contributed by atoms with Crippen LogP contribution in [0.1, 0.15) is 38.2 Å². The highest BCUT2D eigenvalue weighted by atomic mass is 35.5. The van der Waals surface area contributed by atoms with Crippen molar-refractivity contribution in [3.05, 3.63) is 28.5 Å². The van der Waals surface area contributed by atoms with E-state index in [9.17, 15) is 9.18 Å². The van der Waals surface area contributed by atoms with E-state index in [1.165, 1.54) is 0 Å². The number of unbranched alkanes of at least 4 members (excludes halogenated alkanes) is 2. The number of rotatable bonds is 7. The molecular weight excluding hydrogens is 323 g/mol. The zero-order valence-corrected chi connectivity index (χ0v) is 13.7. The Morgan fingerprint density at radius 2 is 2.22 bits per heavy atom. The molecule has 1 aromatic carbocycles. The van der Waals surface area contributed by atoms with E-state index in [2.05, 4.69) is 10.5 Å². The summed E-state index contributed by atoms with van der Waals surface area (Å²) in [5.74, 6) is -0.679. The van der Waals surface area contributed by atoms with E-state index < -0.39 is 5.82 Å². The van der Waals surface area contributed by atoms with Crippen molar-refractivity contribution in [1.29, 1.82) is 0 Å². The molecule has 1 aliphatic rings. The summed E-state index contributed by atoms with van der Waals surface area (Å²) in [4.78, 5) is 11.3. The van der Waals surface area contributed by atoms with E-state index in [-0.39, 0.29) is 41.2 Å². The predicted molar refractivity (Wildman–Crippen MR) is 86.3 cm³/mol. The van der Waals surface area contributed by atoms with Crippen molar-refractivity contribution in [2.45, 2.75) is 32.6 Å². The third-order valence-corrected chi connectivity index (χ3v) is 3.99. The second-order valence-electron chi connectivity index (χ2n) is 5.51. The van der Waals surface area contributed by atoms with Crippen molar-refractivity contribution in [1.82, 2.24) is 5.43 Å². The molecule has 1 amide bonds. The van der Waals surface area contributed by atoms with E-state index in [1.54, 1.807) is 12.1 Å². The summed E-state index contributed by atoms with van der Waals surface area (Å²) in [5.41, 5.74) is 3.11. The van der Waals surface area contributed by atoms with Gasteiger partial charge in [0, 0.05) is 24.5 Å². The Kier molecular flexibility index (Phi) is 6.36. The van der Waals surface area contributed by atoms with Gasteiger partial charge in [-0.2, -0.15) is 5.10 Å². The van der Waals surface area contributed by atoms with Gasteiger partial charge in [-0.05, 0) is 31.4 Å². The highest BCUT2D eigenvalue weighted by molar-refractivity contribution is 6.32. The fourth-order valence-electron chi connectivity index (χ4n) is 2.39. The van der Waals surface area contributed by atoms with E-state index in [0.29, 0.717) is 18.7 Å². The van der Waals surface area contributed by atoms with Crippen molar-refractivity contribution in [3.8, 4) is 5.75 Å². The number of aliphatic hydroxyl groups excluding tert-OH is 1.